The molecule has 0 saturated heterocycles. The Morgan fingerprint density at radius 1 is 1.32 bits per heavy atom. The molecule has 2 aromatic rings. The summed E-state index contributed by atoms with van der Waals surface area (Å²) in [6, 6.07) is 4.66. The third-order valence-corrected chi connectivity index (χ3v) is 2.98. The first kappa shape index (κ1) is 13.6. The molecule has 3 nitrogen and oxygen atoms in total. The van der Waals surface area contributed by atoms with Gasteiger partial charge in [-0.15, -0.1) is 0 Å². The van der Waals surface area contributed by atoms with Gasteiger partial charge in [0.15, 0.2) is 0 Å². The van der Waals surface area contributed by atoms with Crippen molar-refractivity contribution in [1.82, 2.24) is 9.55 Å². The van der Waals surface area contributed by atoms with Crippen molar-refractivity contribution >= 4 is 0 Å². The molecule has 0 saturated carbocycles. The molecule has 0 radical (unpaired) electrons. The third-order valence-electron chi connectivity index (χ3n) is 2.98. The minimum atomic E-state index is -4.39. The van der Waals surface area contributed by atoms with Crippen molar-refractivity contribution in [1.29, 1.82) is 0 Å². The lowest BCUT2D eigenvalue weighted by Crippen LogP contribution is -2.22. The Morgan fingerprint density at radius 3 is 2.58 bits per heavy atom. The van der Waals surface area contributed by atoms with E-state index in [1.165, 1.54) is 12.1 Å². The van der Waals surface area contributed by atoms with E-state index in [1.54, 1.807) is 30.0 Å². The summed E-state index contributed by atoms with van der Waals surface area (Å²) in [5.41, 5.74) is 5.32. The van der Waals surface area contributed by atoms with E-state index >= 15 is 0 Å². The van der Waals surface area contributed by atoms with Crippen LogP contribution in [-0.2, 0) is 12.7 Å². The van der Waals surface area contributed by atoms with Gasteiger partial charge in [-0.1, -0.05) is 18.2 Å². The van der Waals surface area contributed by atoms with Crippen molar-refractivity contribution in [3.8, 4) is 0 Å². The quantitative estimate of drug-likeness (QED) is 0.931. The Morgan fingerprint density at radius 2 is 2.00 bits per heavy atom. The Kier molecular flexibility index (Phi) is 3.61. The molecule has 6 heteroatoms. The fourth-order valence-electron chi connectivity index (χ4n) is 1.99. The summed E-state index contributed by atoms with van der Waals surface area (Å²) in [5.74, 6) is 0.722. The highest BCUT2D eigenvalue weighted by Gasteiger charge is 2.34. The molecule has 1 aromatic heterocycles. The number of alkyl halides is 3. The number of hydrogen-bond donors (Lipinski definition) is 1. The summed E-state index contributed by atoms with van der Waals surface area (Å²) in [6.07, 6.45) is -1.10. The predicted molar refractivity (Wildman–Crippen MR) is 65.3 cm³/mol. The van der Waals surface area contributed by atoms with Crippen LogP contribution in [0.5, 0.6) is 0 Å². The number of aromatic nitrogens is 2. The second-order valence-corrected chi connectivity index (χ2v) is 4.32. The van der Waals surface area contributed by atoms with Gasteiger partial charge in [0.25, 0.3) is 0 Å². The molecule has 1 aromatic carbocycles. The van der Waals surface area contributed by atoms with Gasteiger partial charge in [-0.3, -0.25) is 0 Å². The highest BCUT2D eigenvalue weighted by atomic mass is 19.4. The van der Waals surface area contributed by atoms with Crippen LogP contribution in [0.4, 0.5) is 13.2 Å². The molecular formula is C13H14F3N3. The molecule has 0 amide bonds. The van der Waals surface area contributed by atoms with E-state index in [2.05, 4.69) is 4.98 Å². The number of benzene rings is 1. The molecule has 2 rings (SSSR count). The van der Waals surface area contributed by atoms with Crippen molar-refractivity contribution < 1.29 is 13.2 Å². The molecular weight excluding hydrogens is 255 g/mol. The average Bonchev–Trinajstić information content (AvgIpc) is 2.74. The Hall–Kier alpha value is -1.82. The summed E-state index contributed by atoms with van der Waals surface area (Å²) < 4.78 is 40.4. The molecule has 102 valence electrons. The van der Waals surface area contributed by atoms with Gasteiger partial charge in [-0.05, 0) is 18.6 Å². The summed E-state index contributed by atoms with van der Waals surface area (Å²) in [7, 11) is 0. The van der Waals surface area contributed by atoms with Crippen molar-refractivity contribution in [2.24, 2.45) is 5.73 Å². The van der Waals surface area contributed by atoms with E-state index in [4.69, 9.17) is 5.73 Å². The van der Waals surface area contributed by atoms with Crippen molar-refractivity contribution in [2.45, 2.75) is 25.7 Å². The Balaban J connectivity index is 2.29. The Labute approximate surface area is 108 Å². The maximum absolute atomic E-state index is 12.9. The number of rotatable bonds is 3. The standard InChI is InChI=1S/C13H14F3N3/c1-9-18-6-7-19(9)8-12(17)10-4-2-3-5-11(10)13(14,15)16/h2-7,12H,8,17H2,1H3. The lowest BCUT2D eigenvalue weighted by Gasteiger charge is -2.19. The van der Waals surface area contributed by atoms with E-state index in [9.17, 15) is 13.2 Å². The van der Waals surface area contributed by atoms with Gasteiger partial charge in [0.2, 0.25) is 0 Å². The lowest BCUT2D eigenvalue weighted by molar-refractivity contribution is -0.138. The molecule has 1 atom stereocenters. The topological polar surface area (TPSA) is 43.8 Å². The first-order chi connectivity index (χ1) is 8.89. The second kappa shape index (κ2) is 5.05. The minimum Gasteiger partial charge on any atom is -0.333 e. The van der Waals surface area contributed by atoms with Gasteiger partial charge in [0, 0.05) is 25.0 Å². The van der Waals surface area contributed by atoms with Crippen LogP contribution in [0.15, 0.2) is 36.7 Å². The molecule has 1 heterocycles. The molecule has 0 fully saturated rings. The van der Waals surface area contributed by atoms with Crippen LogP contribution >= 0.6 is 0 Å². The van der Waals surface area contributed by atoms with Gasteiger partial charge in [0.05, 0.1) is 5.56 Å². The highest BCUT2D eigenvalue weighted by molar-refractivity contribution is 5.32. The molecule has 2 N–H and O–H groups in total. The summed E-state index contributed by atoms with van der Waals surface area (Å²) in [6.45, 7) is 2.04. The largest absolute Gasteiger partial charge is 0.416 e. The van der Waals surface area contributed by atoms with E-state index in [1.807, 2.05) is 0 Å². The van der Waals surface area contributed by atoms with Crippen LogP contribution in [0.3, 0.4) is 0 Å². The predicted octanol–water partition coefficient (Wildman–Crippen LogP) is 2.91. The number of hydrogen-bond acceptors (Lipinski definition) is 2. The first-order valence-corrected chi connectivity index (χ1v) is 5.79. The number of halogens is 3. The van der Waals surface area contributed by atoms with Crippen LogP contribution < -0.4 is 5.73 Å². The van der Waals surface area contributed by atoms with Crippen molar-refractivity contribution in [3.05, 3.63) is 53.6 Å². The zero-order valence-corrected chi connectivity index (χ0v) is 10.4. The maximum atomic E-state index is 12.9. The third kappa shape index (κ3) is 2.96. The van der Waals surface area contributed by atoms with E-state index < -0.39 is 17.8 Å². The van der Waals surface area contributed by atoms with Crippen LogP contribution in [0.1, 0.15) is 23.0 Å². The number of aryl methyl sites for hydroxylation is 1. The van der Waals surface area contributed by atoms with Gasteiger partial charge < -0.3 is 10.3 Å². The molecule has 0 aliphatic rings. The maximum Gasteiger partial charge on any atom is 0.416 e. The van der Waals surface area contributed by atoms with Gasteiger partial charge in [-0.2, -0.15) is 13.2 Å². The zero-order valence-electron chi connectivity index (χ0n) is 10.4. The summed E-state index contributed by atoms with van der Waals surface area (Å²) in [4.78, 5) is 4.02. The number of imidazole rings is 1. The summed E-state index contributed by atoms with van der Waals surface area (Å²) >= 11 is 0. The average molecular weight is 269 g/mol. The zero-order chi connectivity index (χ0) is 14.0. The highest BCUT2D eigenvalue weighted by Crippen LogP contribution is 2.34. The van der Waals surface area contributed by atoms with Gasteiger partial charge >= 0.3 is 6.18 Å². The summed E-state index contributed by atoms with van der Waals surface area (Å²) in [5, 5.41) is 0. The number of nitrogens with zero attached hydrogens (tertiary/aromatic N) is 2. The molecule has 1 unspecified atom stereocenters. The smallest absolute Gasteiger partial charge is 0.333 e. The van der Waals surface area contributed by atoms with E-state index in [0.717, 1.165) is 11.9 Å². The number of nitrogens with two attached hydrogens (primary N) is 1. The molecule has 0 spiro atoms. The fourth-order valence-corrected chi connectivity index (χ4v) is 1.99. The molecule has 0 bridgehead atoms. The van der Waals surface area contributed by atoms with Crippen molar-refractivity contribution in [3.63, 3.8) is 0 Å². The molecule has 0 aliphatic carbocycles. The van der Waals surface area contributed by atoms with E-state index in [0.29, 0.717) is 0 Å². The van der Waals surface area contributed by atoms with Gasteiger partial charge in [-0.25, -0.2) is 4.98 Å². The Bertz CT molecular complexity index is 560. The van der Waals surface area contributed by atoms with Gasteiger partial charge in [0.1, 0.15) is 5.82 Å². The normalized spacial score (nSPS) is 13.5. The van der Waals surface area contributed by atoms with Crippen LogP contribution in [0.25, 0.3) is 0 Å². The van der Waals surface area contributed by atoms with E-state index in [-0.39, 0.29) is 12.1 Å². The van der Waals surface area contributed by atoms with Crippen LogP contribution in [-0.4, -0.2) is 9.55 Å². The SMILES string of the molecule is Cc1nccn1CC(N)c1ccccc1C(F)(F)F. The fraction of sp³-hybridized carbons (Fsp3) is 0.308. The second-order valence-electron chi connectivity index (χ2n) is 4.32. The first-order valence-electron chi connectivity index (χ1n) is 5.79. The van der Waals surface area contributed by atoms with Crippen LogP contribution in [0, 0.1) is 6.92 Å². The van der Waals surface area contributed by atoms with Crippen LogP contribution in [0.2, 0.25) is 0 Å². The monoisotopic (exact) mass is 269 g/mol. The molecule has 0 aliphatic heterocycles. The molecule has 19 heavy (non-hydrogen) atoms. The van der Waals surface area contributed by atoms with Crippen molar-refractivity contribution in [2.75, 3.05) is 0 Å². The lowest BCUT2D eigenvalue weighted by atomic mass is 10.0. The minimum absolute atomic E-state index is 0.100.